The van der Waals surface area contributed by atoms with Crippen molar-refractivity contribution in [3.05, 3.63) is 101 Å². The molecule has 1 unspecified atom stereocenters. The second kappa shape index (κ2) is 12.5. The van der Waals surface area contributed by atoms with Crippen LogP contribution < -0.4 is 4.73 Å². The molecule has 41 heavy (non-hydrogen) atoms. The molecule has 0 saturated carbocycles. The zero-order valence-corrected chi connectivity index (χ0v) is 23.7. The van der Waals surface area contributed by atoms with Gasteiger partial charge in [0.25, 0.3) is 11.7 Å². The summed E-state index contributed by atoms with van der Waals surface area (Å²) >= 11 is 0.947. The molecule has 10 nitrogen and oxygen atoms in total. The first kappa shape index (κ1) is 30.4. The summed E-state index contributed by atoms with van der Waals surface area (Å²) in [4.78, 5) is 27.1. The lowest BCUT2D eigenvalue weighted by molar-refractivity contribution is -0.616. The molecule has 1 aliphatic heterocycles. The van der Waals surface area contributed by atoms with Crippen molar-refractivity contribution < 1.29 is 41.0 Å². The van der Waals surface area contributed by atoms with Gasteiger partial charge in [0.2, 0.25) is 10.0 Å². The molecule has 2 atom stereocenters. The normalized spacial score (nSPS) is 17.2. The number of carbonyl (C=O) groups excluding carboxylic acids is 2. The lowest BCUT2D eigenvalue weighted by Crippen LogP contribution is -2.47. The van der Waals surface area contributed by atoms with E-state index in [0.717, 1.165) is 22.3 Å². The second-order valence-corrected chi connectivity index (χ2v) is 12.3. The summed E-state index contributed by atoms with van der Waals surface area (Å²) < 4.78 is 66.9. The van der Waals surface area contributed by atoms with Gasteiger partial charge in [0.05, 0.1) is 4.90 Å². The van der Waals surface area contributed by atoms with E-state index in [9.17, 15) is 32.0 Å². The number of benzene rings is 2. The van der Waals surface area contributed by atoms with Gasteiger partial charge in [-0.25, -0.2) is 13.2 Å². The molecule has 0 N–H and O–H groups in total. The SMILES string of the molecule is CN(C)C(=O)c1cccc(S(=O)(=O)N2CCS[C@@H]2C(=O)OC(Cc2cccc[n+]2[O-])(OC(F)F)c2ccccc2)c1. The lowest BCUT2D eigenvalue weighted by atomic mass is 9.99. The Morgan fingerprint density at radius 1 is 1.12 bits per heavy atom. The van der Waals surface area contributed by atoms with E-state index in [4.69, 9.17) is 9.47 Å². The van der Waals surface area contributed by atoms with Gasteiger partial charge < -0.3 is 14.8 Å². The van der Waals surface area contributed by atoms with E-state index >= 15 is 0 Å². The number of carbonyl (C=O) groups is 2. The molecular weight excluding hydrogens is 580 g/mol. The van der Waals surface area contributed by atoms with E-state index in [0.29, 0.717) is 4.73 Å². The average molecular weight is 608 g/mol. The van der Waals surface area contributed by atoms with Crippen LogP contribution in [0.3, 0.4) is 0 Å². The molecule has 1 aromatic heterocycles. The molecule has 4 rings (SSSR count). The maximum atomic E-state index is 13.9. The molecule has 1 aliphatic rings. The van der Waals surface area contributed by atoms with Crippen LogP contribution >= 0.6 is 11.8 Å². The Labute approximate surface area is 240 Å². The fraction of sp³-hybridized carbons (Fsp3) is 0.296. The topological polar surface area (TPSA) is 120 Å². The van der Waals surface area contributed by atoms with Crippen molar-refractivity contribution in [3.63, 3.8) is 0 Å². The zero-order chi connectivity index (χ0) is 29.8. The highest BCUT2D eigenvalue weighted by molar-refractivity contribution is 8.02. The number of ether oxygens (including phenoxy) is 2. The number of hydrogen-bond acceptors (Lipinski definition) is 8. The fourth-order valence-corrected chi connectivity index (χ4v) is 7.37. The van der Waals surface area contributed by atoms with Crippen LogP contribution in [0, 0.1) is 5.21 Å². The number of thioether (sulfide) groups is 1. The molecule has 3 aromatic rings. The number of rotatable bonds is 10. The van der Waals surface area contributed by atoms with Crippen LogP contribution in [0.5, 0.6) is 0 Å². The van der Waals surface area contributed by atoms with Gasteiger partial charge in [0.1, 0.15) is 6.42 Å². The van der Waals surface area contributed by atoms with Gasteiger partial charge in [0, 0.05) is 49.7 Å². The molecule has 0 bridgehead atoms. The van der Waals surface area contributed by atoms with E-state index < -0.39 is 46.1 Å². The van der Waals surface area contributed by atoms with Gasteiger partial charge in [0.15, 0.2) is 17.3 Å². The molecule has 1 amide bonds. The van der Waals surface area contributed by atoms with Gasteiger partial charge in [-0.05, 0) is 18.2 Å². The highest BCUT2D eigenvalue weighted by Crippen LogP contribution is 2.37. The zero-order valence-electron chi connectivity index (χ0n) is 22.1. The predicted octanol–water partition coefficient (Wildman–Crippen LogP) is 2.96. The van der Waals surface area contributed by atoms with Crippen LogP contribution in [0.15, 0.2) is 83.9 Å². The van der Waals surface area contributed by atoms with E-state index in [1.54, 1.807) is 6.07 Å². The fourth-order valence-electron chi connectivity index (χ4n) is 4.29. The monoisotopic (exact) mass is 607 g/mol. The van der Waals surface area contributed by atoms with Crippen molar-refractivity contribution in [2.45, 2.75) is 29.1 Å². The van der Waals surface area contributed by atoms with Gasteiger partial charge in [-0.15, -0.1) is 11.8 Å². The smallest absolute Gasteiger partial charge is 0.348 e. The minimum atomic E-state index is -4.33. The van der Waals surface area contributed by atoms with E-state index in [1.807, 2.05) is 0 Å². The van der Waals surface area contributed by atoms with E-state index in [2.05, 4.69) is 0 Å². The van der Waals surface area contributed by atoms with Gasteiger partial charge in [-0.1, -0.05) is 42.5 Å². The summed E-state index contributed by atoms with van der Waals surface area (Å²) in [6.45, 7) is -3.49. The Morgan fingerprint density at radius 3 is 2.49 bits per heavy atom. The predicted molar refractivity (Wildman–Crippen MR) is 145 cm³/mol. The molecule has 2 aromatic carbocycles. The minimum absolute atomic E-state index is 0.0183. The van der Waals surface area contributed by atoms with Crippen molar-refractivity contribution in [3.8, 4) is 0 Å². The van der Waals surface area contributed by atoms with Gasteiger partial charge in [-0.3, -0.25) is 9.53 Å². The highest BCUT2D eigenvalue weighted by atomic mass is 32.2. The van der Waals surface area contributed by atoms with E-state index in [-0.39, 0.29) is 34.0 Å². The van der Waals surface area contributed by atoms with Gasteiger partial charge in [-0.2, -0.15) is 17.8 Å². The van der Waals surface area contributed by atoms with Crippen LogP contribution in [0.4, 0.5) is 8.78 Å². The van der Waals surface area contributed by atoms with Crippen LogP contribution in [-0.4, -0.2) is 67.9 Å². The van der Waals surface area contributed by atoms with Gasteiger partial charge >= 0.3 is 12.6 Å². The van der Waals surface area contributed by atoms with Crippen molar-refractivity contribution >= 4 is 33.7 Å². The molecule has 14 heteroatoms. The largest absolute Gasteiger partial charge is 0.618 e. The molecule has 0 spiro atoms. The quantitative estimate of drug-likeness (QED) is 0.149. The number of sulfonamides is 1. The summed E-state index contributed by atoms with van der Waals surface area (Å²) in [5.74, 6) is -3.82. The average Bonchev–Trinajstić information content (AvgIpc) is 3.45. The summed E-state index contributed by atoms with van der Waals surface area (Å²) in [6, 6.07) is 17.2. The number of alkyl halides is 2. The second-order valence-electron chi connectivity index (χ2n) is 9.18. The highest BCUT2D eigenvalue weighted by Gasteiger charge is 2.48. The van der Waals surface area contributed by atoms with Crippen molar-refractivity contribution in [1.29, 1.82) is 0 Å². The number of pyridine rings is 1. The van der Waals surface area contributed by atoms with Crippen molar-refractivity contribution in [2.75, 3.05) is 26.4 Å². The Bertz CT molecular complexity index is 1510. The summed E-state index contributed by atoms with van der Waals surface area (Å²) in [5, 5.41) is 11.0. The number of amides is 1. The lowest BCUT2D eigenvalue weighted by Gasteiger charge is -2.34. The van der Waals surface area contributed by atoms with Crippen LogP contribution in [0.25, 0.3) is 0 Å². The third kappa shape index (κ3) is 6.67. The number of hydrogen-bond donors (Lipinski definition) is 0. The van der Waals surface area contributed by atoms with Crippen LogP contribution in [-0.2, 0) is 36.5 Å². The Hall–Kier alpha value is -3.59. The number of halogens is 2. The van der Waals surface area contributed by atoms with Crippen LogP contribution in [0.1, 0.15) is 21.6 Å². The molecule has 1 fully saturated rings. The first-order valence-electron chi connectivity index (χ1n) is 12.3. The number of esters is 1. The third-order valence-electron chi connectivity index (χ3n) is 6.22. The first-order chi connectivity index (χ1) is 19.4. The Balaban J connectivity index is 1.71. The molecule has 1 saturated heterocycles. The Morgan fingerprint density at radius 2 is 1.83 bits per heavy atom. The molecule has 2 heterocycles. The standard InChI is InChI=1S/C27H27F2N3O7S2/c1-30(2)23(33)19-9-8-13-22(17-19)41(36,37)32-15-16-40-24(32)25(34)38-27(39-26(28)29,20-10-4-3-5-11-20)18-21-12-6-7-14-31(21)35/h3-14,17,24,26H,15-16,18H2,1-2H3/t24-,27?/m1/s1. The Kier molecular flexibility index (Phi) is 9.27. The summed E-state index contributed by atoms with van der Waals surface area (Å²) in [5.41, 5.74) is 0.116. The molecule has 218 valence electrons. The molecule has 0 radical (unpaired) electrons. The number of aromatic nitrogens is 1. The summed E-state index contributed by atoms with van der Waals surface area (Å²) in [7, 11) is -1.28. The third-order valence-corrected chi connectivity index (χ3v) is 9.40. The molecular formula is C27H27F2N3O7S2. The van der Waals surface area contributed by atoms with Crippen molar-refractivity contribution in [2.24, 2.45) is 0 Å². The minimum Gasteiger partial charge on any atom is -0.618 e. The van der Waals surface area contributed by atoms with Crippen molar-refractivity contribution in [1.82, 2.24) is 9.21 Å². The molecule has 0 aliphatic carbocycles. The first-order valence-corrected chi connectivity index (χ1v) is 14.8. The number of nitrogens with zero attached hydrogens (tertiary/aromatic N) is 3. The maximum absolute atomic E-state index is 13.9. The summed E-state index contributed by atoms with van der Waals surface area (Å²) in [6.07, 6.45) is 0.571. The van der Waals surface area contributed by atoms with E-state index in [1.165, 1.54) is 85.7 Å². The maximum Gasteiger partial charge on any atom is 0.348 e. The van der Waals surface area contributed by atoms with Crippen LogP contribution in [0.2, 0.25) is 0 Å².